The number of carbonyl (C=O) groups is 1. The number of thioether (sulfide) groups is 2. The molecule has 2 aromatic carbocycles. The van der Waals surface area contributed by atoms with Gasteiger partial charge in [-0.15, -0.1) is 23.5 Å². The van der Waals surface area contributed by atoms with Crippen LogP contribution in [-0.4, -0.2) is 38.2 Å². The predicted octanol–water partition coefficient (Wildman–Crippen LogP) is 4.28. The van der Waals surface area contributed by atoms with Crippen molar-refractivity contribution in [3.63, 3.8) is 0 Å². The molecule has 2 aliphatic heterocycles. The van der Waals surface area contributed by atoms with Crippen molar-refractivity contribution in [2.24, 2.45) is 4.99 Å². The third kappa shape index (κ3) is 5.19. The Bertz CT molecular complexity index is 1050. The molecule has 0 bridgehead atoms. The van der Waals surface area contributed by atoms with E-state index in [9.17, 15) is 13.2 Å². The molecule has 1 fully saturated rings. The fraction of sp³-hybridized carbons (Fsp3) is 0.333. The van der Waals surface area contributed by atoms with E-state index in [-0.39, 0.29) is 10.8 Å². The highest BCUT2D eigenvalue weighted by Gasteiger charge is 2.20. The molecule has 30 heavy (non-hydrogen) atoms. The van der Waals surface area contributed by atoms with E-state index in [0.717, 1.165) is 6.42 Å². The van der Waals surface area contributed by atoms with Gasteiger partial charge < -0.3 is 5.32 Å². The van der Waals surface area contributed by atoms with Gasteiger partial charge in [-0.3, -0.25) is 14.5 Å². The summed E-state index contributed by atoms with van der Waals surface area (Å²) in [5.74, 6) is 2.55. The van der Waals surface area contributed by atoms with Gasteiger partial charge in [-0.1, -0.05) is 18.2 Å². The van der Waals surface area contributed by atoms with Crippen molar-refractivity contribution in [3.05, 3.63) is 59.7 Å². The summed E-state index contributed by atoms with van der Waals surface area (Å²) in [6.07, 6.45) is 2.72. The number of nitrogens with one attached hydrogen (secondary N) is 2. The van der Waals surface area contributed by atoms with Crippen LogP contribution in [0.25, 0.3) is 0 Å². The minimum atomic E-state index is -3.72. The Morgan fingerprint density at radius 3 is 2.50 bits per heavy atom. The summed E-state index contributed by atoms with van der Waals surface area (Å²) >= 11 is 3.88. The lowest BCUT2D eigenvalue weighted by molar-refractivity contribution is 0.102. The van der Waals surface area contributed by atoms with Crippen molar-refractivity contribution in [1.82, 2.24) is 4.72 Å². The Balaban J connectivity index is 1.43. The molecule has 9 heteroatoms. The number of rotatable bonds is 5. The lowest BCUT2D eigenvalue weighted by Gasteiger charge is -2.21. The quantitative estimate of drug-likeness (QED) is 0.694. The van der Waals surface area contributed by atoms with E-state index < -0.39 is 10.0 Å². The summed E-state index contributed by atoms with van der Waals surface area (Å²) in [5.41, 5.74) is 2.19. The maximum absolute atomic E-state index is 12.6. The highest BCUT2D eigenvalue weighted by molar-refractivity contribution is 8.16. The number of nitrogens with zero attached hydrogens (tertiary/aromatic N) is 1. The fourth-order valence-electron chi connectivity index (χ4n) is 3.25. The van der Waals surface area contributed by atoms with E-state index in [2.05, 4.69) is 15.0 Å². The fourth-order valence-corrected chi connectivity index (χ4v) is 7.28. The maximum atomic E-state index is 12.6. The lowest BCUT2D eigenvalue weighted by Crippen LogP contribution is -2.29. The number of sulfonamides is 1. The van der Waals surface area contributed by atoms with Crippen LogP contribution in [-0.2, 0) is 10.0 Å². The zero-order valence-corrected chi connectivity index (χ0v) is 18.8. The van der Waals surface area contributed by atoms with Crippen molar-refractivity contribution in [3.8, 4) is 0 Å². The first-order chi connectivity index (χ1) is 14.5. The third-order valence-corrected chi connectivity index (χ3v) is 9.19. The average molecular weight is 462 g/mol. The van der Waals surface area contributed by atoms with Crippen LogP contribution in [0.1, 0.15) is 39.8 Å². The Kier molecular flexibility index (Phi) is 6.70. The number of carbonyl (C=O) groups excluding carboxylic acids is 1. The minimum absolute atomic E-state index is 0.0941. The van der Waals surface area contributed by atoms with Crippen molar-refractivity contribution in [2.75, 3.05) is 23.4 Å². The molecule has 0 atom stereocenters. The van der Waals surface area contributed by atoms with Crippen molar-refractivity contribution < 1.29 is 13.2 Å². The molecule has 1 saturated heterocycles. The van der Waals surface area contributed by atoms with Gasteiger partial charge >= 0.3 is 0 Å². The molecule has 0 aliphatic carbocycles. The maximum Gasteiger partial charge on any atom is 0.262 e. The molecule has 0 spiro atoms. The molecule has 0 radical (unpaired) electrons. The summed E-state index contributed by atoms with van der Waals surface area (Å²) in [6, 6.07) is 13.9. The van der Waals surface area contributed by atoms with Crippen LogP contribution in [0.2, 0.25) is 0 Å². The smallest absolute Gasteiger partial charge is 0.262 e. The second kappa shape index (κ2) is 9.45. The molecule has 0 aromatic heterocycles. The summed E-state index contributed by atoms with van der Waals surface area (Å²) in [5, 5.41) is 2.79. The summed E-state index contributed by atoms with van der Waals surface area (Å²) in [6.45, 7) is 0.644. The molecule has 2 heterocycles. The molecule has 4 rings (SSSR count). The molecule has 0 unspecified atom stereocenters. The summed E-state index contributed by atoms with van der Waals surface area (Å²) < 4.78 is 28.1. The van der Waals surface area contributed by atoms with Crippen molar-refractivity contribution in [2.45, 2.75) is 28.7 Å². The first kappa shape index (κ1) is 21.3. The Morgan fingerprint density at radius 1 is 1.03 bits per heavy atom. The number of hydrogen-bond acceptors (Lipinski definition) is 6. The second-order valence-electron chi connectivity index (χ2n) is 7.07. The van der Waals surface area contributed by atoms with Crippen LogP contribution in [0.5, 0.6) is 0 Å². The molecule has 158 valence electrons. The highest BCUT2D eigenvalue weighted by Crippen LogP contribution is 2.43. The van der Waals surface area contributed by atoms with E-state index in [1.165, 1.54) is 35.6 Å². The molecular weight excluding hydrogens is 438 g/mol. The zero-order valence-electron chi connectivity index (χ0n) is 16.3. The minimum Gasteiger partial charge on any atom is -0.322 e. The van der Waals surface area contributed by atoms with Crippen LogP contribution < -0.4 is 10.0 Å². The molecule has 6 nitrogen and oxygen atoms in total. The van der Waals surface area contributed by atoms with Crippen LogP contribution in [0.4, 0.5) is 5.69 Å². The van der Waals surface area contributed by atoms with Crippen LogP contribution in [0.15, 0.2) is 58.4 Å². The SMILES string of the molecule is O=C(Nc1cccc(S(=O)(=O)NC2=NCCC2)c1)c1ccc(C2SCCCS2)cc1. The number of amides is 1. The Labute approximate surface area is 185 Å². The van der Waals surface area contributed by atoms with Gasteiger partial charge in [-0.2, -0.15) is 0 Å². The van der Waals surface area contributed by atoms with Crippen LogP contribution >= 0.6 is 23.5 Å². The zero-order chi connectivity index (χ0) is 21.0. The number of hydrogen-bond donors (Lipinski definition) is 2. The molecule has 0 saturated carbocycles. The topological polar surface area (TPSA) is 87.6 Å². The van der Waals surface area contributed by atoms with Gasteiger partial charge in [0.1, 0.15) is 5.84 Å². The van der Waals surface area contributed by atoms with Crippen molar-refractivity contribution in [1.29, 1.82) is 0 Å². The second-order valence-corrected chi connectivity index (χ2v) is 11.5. The first-order valence-corrected chi connectivity index (χ1v) is 13.4. The largest absolute Gasteiger partial charge is 0.322 e. The molecule has 1 amide bonds. The van der Waals surface area contributed by atoms with E-state index in [1.807, 2.05) is 47.8 Å². The number of benzene rings is 2. The van der Waals surface area contributed by atoms with Crippen LogP contribution in [0, 0.1) is 0 Å². The normalized spacial score (nSPS) is 17.4. The van der Waals surface area contributed by atoms with Gasteiger partial charge in [0.15, 0.2) is 0 Å². The van der Waals surface area contributed by atoms with E-state index >= 15 is 0 Å². The third-order valence-electron chi connectivity index (χ3n) is 4.80. The first-order valence-electron chi connectivity index (χ1n) is 9.82. The summed E-state index contributed by atoms with van der Waals surface area (Å²) in [4.78, 5) is 16.9. The van der Waals surface area contributed by atoms with Gasteiger partial charge in [0.05, 0.1) is 9.48 Å². The van der Waals surface area contributed by atoms with Crippen LogP contribution in [0.3, 0.4) is 0 Å². The molecule has 2 N–H and O–H groups in total. The average Bonchev–Trinajstić information content (AvgIpc) is 3.27. The van der Waals surface area contributed by atoms with E-state index in [1.54, 1.807) is 12.1 Å². The highest BCUT2D eigenvalue weighted by atomic mass is 32.2. The monoisotopic (exact) mass is 461 g/mol. The van der Waals surface area contributed by atoms with Gasteiger partial charge in [0.2, 0.25) is 0 Å². The van der Waals surface area contributed by atoms with Crippen molar-refractivity contribution >= 4 is 51.0 Å². The van der Waals surface area contributed by atoms with E-state index in [4.69, 9.17) is 0 Å². The number of amidine groups is 1. The van der Waals surface area contributed by atoms with Gasteiger partial charge in [-0.25, -0.2) is 8.42 Å². The number of aliphatic imine (C=N–C) groups is 1. The molecule has 2 aromatic rings. The van der Waals surface area contributed by atoms with Gasteiger partial charge in [-0.05, 0) is 60.2 Å². The Morgan fingerprint density at radius 2 is 1.80 bits per heavy atom. The standard InChI is InChI=1S/C21H23N3O3S3/c25-20(15-7-9-16(10-8-15)21-28-12-3-13-29-21)23-17-4-1-5-18(14-17)30(26,27)24-19-6-2-11-22-19/h1,4-5,7-10,14,21H,2-3,6,11-13H2,(H,22,24)(H,23,25). The lowest BCUT2D eigenvalue weighted by atomic mass is 10.1. The number of anilines is 1. The molecule has 2 aliphatic rings. The molecular formula is C21H23N3O3S3. The summed E-state index contributed by atoms with van der Waals surface area (Å²) in [7, 11) is -3.72. The Hall–Kier alpha value is -1.97. The van der Waals surface area contributed by atoms with Gasteiger partial charge in [0.25, 0.3) is 15.9 Å². The van der Waals surface area contributed by atoms with Gasteiger partial charge in [0, 0.05) is 24.2 Å². The predicted molar refractivity (Wildman–Crippen MR) is 125 cm³/mol. The van der Waals surface area contributed by atoms with E-state index in [0.29, 0.717) is 34.6 Å².